The summed E-state index contributed by atoms with van der Waals surface area (Å²) < 4.78 is 32.3. The van der Waals surface area contributed by atoms with Crippen molar-refractivity contribution >= 4 is 24.1 Å². The molecule has 2 aromatic carbocycles. The molecular formula is C25H29ClF2N2O3. The molecule has 0 saturated carbocycles. The van der Waals surface area contributed by atoms with Crippen molar-refractivity contribution in [2.75, 3.05) is 32.8 Å². The molecule has 0 amide bonds. The minimum Gasteiger partial charge on any atom is -0.463 e. The van der Waals surface area contributed by atoms with Gasteiger partial charge in [-0.1, -0.05) is 11.2 Å². The zero-order valence-electron chi connectivity index (χ0n) is 19.1. The Balaban J connectivity index is 0.00000385. The second-order valence-electron chi connectivity index (χ2n) is 7.71. The van der Waals surface area contributed by atoms with Gasteiger partial charge in [0.15, 0.2) is 0 Å². The summed E-state index contributed by atoms with van der Waals surface area (Å²) in [4.78, 5) is 19.7. The summed E-state index contributed by atoms with van der Waals surface area (Å²) in [6.45, 7) is 7.94. The standard InChI is InChI=1S/C25H28F2N2O3.ClH/c1-4-31-25(30)19-6-5-11-29(16-19)12-13-32-28-24(22-9-7-20(26)14-17(22)2)23-10-8-21(27)15-18(23)3;/h6-10,14-15H,4-5,11-13,16H2,1-3H3;1H. The Morgan fingerprint density at radius 1 is 1.06 bits per heavy atom. The molecule has 178 valence electrons. The van der Waals surface area contributed by atoms with Crippen LogP contribution < -0.4 is 0 Å². The molecule has 0 spiro atoms. The van der Waals surface area contributed by atoms with Gasteiger partial charge in [0.05, 0.1) is 6.61 Å². The molecule has 0 aromatic heterocycles. The Hall–Kier alpha value is -2.77. The van der Waals surface area contributed by atoms with Crippen LogP contribution in [-0.2, 0) is 14.4 Å². The maximum atomic E-state index is 13.6. The first-order valence-corrected chi connectivity index (χ1v) is 10.7. The van der Waals surface area contributed by atoms with Crippen LogP contribution in [0.1, 0.15) is 35.6 Å². The summed E-state index contributed by atoms with van der Waals surface area (Å²) in [6.07, 6.45) is 2.69. The summed E-state index contributed by atoms with van der Waals surface area (Å²) in [5, 5.41) is 4.35. The molecule has 0 atom stereocenters. The predicted octanol–water partition coefficient (Wildman–Crippen LogP) is 4.97. The monoisotopic (exact) mass is 478 g/mol. The summed E-state index contributed by atoms with van der Waals surface area (Å²) in [6, 6.07) is 8.90. The smallest absolute Gasteiger partial charge is 0.334 e. The van der Waals surface area contributed by atoms with Crippen molar-refractivity contribution in [1.82, 2.24) is 4.90 Å². The van der Waals surface area contributed by atoms with E-state index < -0.39 is 0 Å². The van der Waals surface area contributed by atoms with Crippen LogP contribution >= 0.6 is 12.4 Å². The van der Waals surface area contributed by atoms with Crippen LogP contribution in [0.3, 0.4) is 0 Å². The Kier molecular flexibility index (Phi) is 10.0. The van der Waals surface area contributed by atoms with E-state index in [9.17, 15) is 13.6 Å². The first-order valence-electron chi connectivity index (χ1n) is 10.7. The molecule has 0 bridgehead atoms. The average molecular weight is 479 g/mol. The van der Waals surface area contributed by atoms with Gasteiger partial charge in [-0.25, -0.2) is 13.6 Å². The maximum Gasteiger partial charge on any atom is 0.334 e. The van der Waals surface area contributed by atoms with Gasteiger partial charge in [0.2, 0.25) is 0 Å². The fourth-order valence-electron chi connectivity index (χ4n) is 3.68. The fraction of sp³-hybridized carbons (Fsp3) is 0.360. The van der Waals surface area contributed by atoms with Crippen LogP contribution in [-0.4, -0.2) is 49.4 Å². The van der Waals surface area contributed by atoms with Gasteiger partial charge in [-0.2, -0.15) is 0 Å². The molecular weight excluding hydrogens is 450 g/mol. The van der Waals surface area contributed by atoms with Gasteiger partial charge in [-0.15, -0.1) is 12.4 Å². The fourth-order valence-corrected chi connectivity index (χ4v) is 3.68. The molecule has 2 aromatic rings. The first kappa shape index (κ1) is 26.5. The number of carbonyl (C=O) groups is 1. The van der Waals surface area contributed by atoms with Crippen LogP contribution in [0.15, 0.2) is 53.2 Å². The van der Waals surface area contributed by atoms with E-state index >= 15 is 0 Å². The number of hydrogen-bond donors (Lipinski definition) is 0. The summed E-state index contributed by atoms with van der Waals surface area (Å²) in [7, 11) is 0. The van der Waals surface area contributed by atoms with E-state index in [1.165, 1.54) is 24.3 Å². The minimum absolute atomic E-state index is 0. The van der Waals surface area contributed by atoms with E-state index in [4.69, 9.17) is 9.57 Å². The Morgan fingerprint density at radius 3 is 2.21 bits per heavy atom. The van der Waals surface area contributed by atoms with E-state index in [2.05, 4.69) is 10.1 Å². The number of hydrogen-bond acceptors (Lipinski definition) is 5. The number of esters is 1. The number of ether oxygens (including phenoxy) is 1. The summed E-state index contributed by atoms with van der Waals surface area (Å²) in [5.41, 5.74) is 4.02. The quantitative estimate of drug-likeness (QED) is 0.233. The summed E-state index contributed by atoms with van der Waals surface area (Å²) in [5.74, 6) is -0.951. The number of nitrogens with zero attached hydrogens (tertiary/aromatic N) is 2. The van der Waals surface area contributed by atoms with Crippen molar-refractivity contribution in [2.45, 2.75) is 27.2 Å². The third-order valence-electron chi connectivity index (χ3n) is 5.31. The van der Waals surface area contributed by atoms with Crippen molar-refractivity contribution in [3.63, 3.8) is 0 Å². The molecule has 33 heavy (non-hydrogen) atoms. The van der Waals surface area contributed by atoms with Crippen LogP contribution in [0.5, 0.6) is 0 Å². The Bertz CT molecular complexity index is 987. The highest BCUT2D eigenvalue weighted by Crippen LogP contribution is 2.20. The zero-order valence-corrected chi connectivity index (χ0v) is 19.9. The van der Waals surface area contributed by atoms with Gasteiger partial charge in [-0.05, 0) is 74.7 Å². The molecule has 5 nitrogen and oxygen atoms in total. The lowest BCUT2D eigenvalue weighted by molar-refractivity contribution is -0.139. The number of halogens is 3. The van der Waals surface area contributed by atoms with Gasteiger partial charge in [0, 0.05) is 36.3 Å². The SMILES string of the molecule is CCOC(=O)C1=CCCN(CCON=C(c2ccc(F)cc2C)c2ccc(F)cc2C)C1.Cl. The van der Waals surface area contributed by atoms with Crippen molar-refractivity contribution in [2.24, 2.45) is 5.16 Å². The third-order valence-corrected chi connectivity index (χ3v) is 5.31. The highest BCUT2D eigenvalue weighted by Gasteiger charge is 2.19. The Morgan fingerprint density at radius 2 is 1.67 bits per heavy atom. The molecule has 0 N–H and O–H groups in total. The van der Waals surface area contributed by atoms with Gasteiger partial charge >= 0.3 is 5.97 Å². The first-order chi connectivity index (χ1) is 15.4. The number of oxime groups is 1. The number of benzene rings is 2. The van der Waals surface area contributed by atoms with Crippen molar-refractivity contribution in [3.8, 4) is 0 Å². The third kappa shape index (κ3) is 7.11. The maximum absolute atomic E-state index is 13.6. The predicted molar refractivity (Wildman–Crippen MR) is 127 cm³/mol. The van der Waals surface area contributed by atoms with Gasteiger partial charge in [0.25, 0.3) is 0 Å². The van der Waals surface area contributed by atoms with E-state index in [0.717, 1.165) is 13.0 Å². The lowest BCUT2D eigenvalue weighted by Gasteiger charge is -2.25. The van der Waals surface area contributed by atoms with Crippen molar-refractivity contribution in [1.29, 1.82) is 0 Å². The second-order valence-corrected chi connectivity index (χ2v) is 7.71. The number of carbonyl (C=O) groups excluding carboxylic acids is 1. The van der Waals surface area contributed by atoms with Crippen molar-refractivity contribution in [3.05, 3.63) is 81.9 Å². The van der Waals surface area contributed by atoms with Gasteiger partial charge in [0.1, 0.15) is 24.0 Å². The molecule has 0 fully saturated rings. The van der Waals surface area contributed by atoms with E-state index in [1.54, 1.807) is 32.9 Å². The molecule has 1 aliphatic heterocycles. The molecule has 0 unspecified atom stereocenters. The topological polar surface area (TPSA) is 51.1 Å². The molecule has 8 heteroatoms. The van der Waals surface area contributed by atoms with E-state index in [0.29, 0.717) is 59.8 Å². The molecule has 1 aliphatic rings. The van der Waals surface area contributed by atoms with Crippen LogP contribution in [0, 0.1) is 25.5 Å². The van der Waals surface area contributed by atoms with Crippen molar-refractivity contribution < 1.29 is 23.1 Å². The van der Waals surface area contributed by atoms with E-state index in [-0.39, 0.29) is 30.0 Å². The summed E-state index contributed by atoms with van der Waals surface area (Å²) >= 11 is 0. The Labute approximate surface area is 199 Å². The lowest BCUT2D eigenvalue weighted by Crippen LogP contribution is -2.35. The van der Waals surface area contributed by atoms with Gasteiger partial charge in [-0.3, -0.25) is 4.90 Å². The van der Waals surface area contributed by atoms with Gasteiger partial charge < -0.3 is 9.57 Å². The lowest BCUT2D eigenvalue weighted by atomic mass is 9.95. The second kappa shape index (κ2) is 12.5. The number of aryl methyl sites for hydroxylation is 2. The molecule has 0 aliphatic carbocycles. The zero-order chi connectivity index (χ0) is 23.1. The van der Waals surface area contributed by atoms with Crippen LogP contribution in [0.25, 0.3) is 0 Å². The molecule has 3 rings (SSSR count). The average Bonchev–Trinajstić information content (AvgIpc) is 2.75. The normalized spacial score (nSPS) is 13.5. The molecule has 0 saturated heterocycles. The van der Waals surface area contributed by atoms with Crippen LogP contribution in [0.2, 0.25) is 0 Å². The molecule has 1 heterocycles. The number of rotatable bonds is 8. The highest BCUT2D eigenvalue weighted by atomic mass is 35.5. The minimum atomic E-state index is -0.335. The molecule has 0 radical (unpaired) electrons. The van der Waals surface area contributed by atoms with E-state index in [1.807, 2.05) is 6.08 Å². The highest BCUT2D eigenvalue weighted by molar-refractivity contribution is 6.14. The van der Waals surface area contributed by atoms with Crippen LogP contribution in [0.4, 0.5) is 8.78 Å². The largest absolute Gasteiger partial charge is 0.463 e.